The van der Waals surface area contributed by atoms with Crippen LogP contribution in [-0.2, 0) is 0 Å². The van der Waals surface area contributed by atoms with E-state index in [9.17, 15) is 0 Å². The van der Waals surface area contributed by atoms with Gasteiger partial charge in [-0.05, 0) is 13.8 Å². The van der Waals surface area contributed by atoms with E-state index in [1.54, 1.807) is 6.92 Å². The zero-order chi connectivity index (χ0) is 7.56. The van der Waals surface area contributed by atoms with Crippen molar-refractivity contribution in [3.8, 4) is 0 Å². The third-order valence-electron chi connectivity index (χ3n) is 1.58. The predicted molar refractivity (Wildman–Crippen MR) is 40.1 cm³/mol. The summed E-state index contributed by atoms with van der Waals surface area (Å²) in [4.78, 5) is 2.06. The van der Waals surface area contributed by atoms with Crippen molar-refractivity contribution in [1.82, 2.24) is 10.2 Å². The Balaban J connectivity index is 2.33. The Bertz CT molecular complexity index is 134. The molecule has 0 aliphatic carbocycles. The van der Waals surface area contributed by atoms with Crippen molar-refractivity contribution in [2.24, 2.45) is 0 Å². The first-order chi connectivity index (χ1) is 4.70. The molecule has 0 saturated heterocycles. The Labute approximate surface area is 61.3 Å². The van der Waals surface area contributed by atoms with Crippen molar-refractivity contribution in [1.29, 1.82) is 0 Å². The van der Waals surface area contributed by atoms with Crippen LogP contribution in [0.15, 0.2) is 12.4 Å². The van der Waals surface area contributed by atoms with Crippen molar-refractivity contribution in [3.63, 3.8) is 0 Å². The Morgan fingerprint density at radius 3 is 2.90 bits per heavy atom. The average molecular weight is 142 g/mol. The fourth-order valence-corrected chi connectivity index (χ4v) is 1.03. The third kappa shape index (κ3) is 1.64. The molecule has 0 spiro atoms. The number of rotatable bonds is 2. The molecule has 0 aromatic carbocycles. The molecule has 1 aliphatic heterocycles. The second-order valence-electron chi connectivity index (χ2n) is 2.70. The summed E-state index contributed by atoms with van der Waals surface area (Å²) in [5.74, 6) is 0. The van der Waals surface area contributed by atoms with Crippen LogP contribution in [0.1, 0.15) is 13.8 Å². The maximum Gasteiger partial charge on any atom is 0.0953 e. The summed E-state index contributed by atoms with van der Waals surface area (Å²) in [6.07, 6.45) is 3.92. The maximum absolute atomic E-state index is 9.03. The molecular weight excluding hydrogens is 128 g/mol. The van der Waals surface area contributed by atoms with E-state index in [0.717, 1.165) is 0 Å². The van der Waals surface area contributed by atoms with Crippen LogP contribution in [0.25, 0.3) is 0 Å². The van der Waals surface area contributed by atoms with Gasteiger partial charge in [-0.15, -0.1) is 0 Å². The molecule has 1 aliphatic rings. The van der Waals surface area contributed by atoms with Crippen LogP contribution in [0.3, 0.4) is 0 Å². The number of aliphatic hydroxyl groups is 1. The molecule has 2 N–H and O–H groups in total. The lowest BCUT2D eigenvalue weighted by Gasteiger charge is -2.23. The van der Waals surface area contributed by atoms with Crippen LogP contribution in [0, 0.1) is 0 Å². The van der Waals surface area contributed by atoms with Crippen molar-refractivity contribution in [3.05, 3.63) is 12.4 Å². The monoisotopic (exact) mass is 142 g/mol. The highest BCUT2D eigenvalue weighted by Crippen LogP contribution is 2.03. The summed E-state index contributed by atoms with van der Waals surface area (Å²) in [5, 5.41) is 12.1. The molecule has 0 bridgehead atoms. The quantitative estimate of drug-likeness (QED) is 0.573. The van der Waals surface area contributed by atoms with Gasteiger partial charge in [0.25, 0.3) is 0 Å². The van der Waals surface area contributed by atoms with E-state index >= 15 is 0 Å². The highest BCUT2D eigenvalue weighted by Gasteiger charge is 2.13. The average Bonchev–Trinajstić information content (AvgIpc) is 2.15. The van der Waals surface area contributed by atoms with E-state index in [1.165, 1.54) is 0 Å². The lowest BCUT2D eigenvalue weighted by Crippen LogP contribution is -2.36. The minimum atomic E-state index is -0.257. The molecule has 0 fully saturated rings. The van der Waals surface area contributed by atoms with E-state index in [4.69, 9.17) is 5.11 Å². The standard InChI is InChI=1S/C7H14N2O/c1-6(10)5-9-4-3-8-7(9)2/h3-4,6-8,10H,5H2,1-2H3. The summed E-state index contributed by atoms with van der Waals surface area (Å²) >= 11 is 0. The Hall–Kier alpha value is -0.700. The van der Waals surface area contributed by atoms with E-state index < -0.39 is 0 Å². The summed E-state index contributed by atoms with van der Waals surface area (Å²) in [7, 11) is 0. The molecule has 3 nitrogen and oxygen atoms in total. The van der Waals surface area contributed by atoms with Crippen LogP contribution >= 0.6 is 0 Å². The Kier molecular flexibility index (Phi) is 2.17. The van der Waals surface area contributed by atoms with Crippen LogP contribution in [0.2, 0.25) is 0 Å². The van der Waals surface area contributed by atoms with E-state index in [0.29, 0.717) is 12.7 Å². The molecule has 10 heavy (non-hydrogen) atoms. The molecule has 2 atom stereocenters. The molecule has 1 rings (SSSR count). The zero-order valence-electron chi connectivity index (χ0n) is 6.41. The highest BCUT2D eigenvalue weighted by atomic mass is 16.3. The minimum absolute atomic E-state index is 0.257. The molecule has 0 amide bonds. The van der Waals surface area contributed by atoms with Gasteiger partial charge in [0.15, 0.2) is 0 Å². The molecule has 0 aromatic heterocycles. The van der Waals surface area contributed by atoms with Gasteiger partial charge in [0.2, 0.25) is 0 Å². The van der Waals surface area contributed by atoms with E-state index in [2.05, 4.69) is 17.1 Å². The summed E-state index contributed by atoms with van der Waals surface area (Å²) in [6.45, 7) is 4.55. The van der Waals surface area contributed by atoms with Gasteiger partial charge in [0.1, 0.15) is 0 Å². The molecule has 2 unspecified atom stereocenters. The van der Waals surface area contributed by atoms with Gasteiger partial charge < -0.3 is 15.3 Å². The molecule has 58 valence electrons. The van der Waals surface area contributed by atoms with Gasteiger partial charge in [-0.1, -0.05) is 0 Å². The predicted octanol–water partition coefficient (Wildman–Crippen LogP) is 0.0896. The summed E-state index contributed by atoms with van der Waals surface area (Å²) < 4.78 is 0. The number of nitrogens with zero attached hydrogens (tertiary/aromatic N) is 1. The summed E-state index contributed by atoms with van der Waals surface area (Å²) in [5.41, 5.74) is 0. The first-order valence-corrected chi connectivity index (χ1v) is 3.56. The van der Waals surface area contributed by atoms with E-state index in [-0.39, 0.29) is 6.10 Å². The first-order valence-electron chi connectivity index (χ1n) is 3.56. The fraction of sp³-hybridized carbons (Fsp3) is 0.714. The topological polar surface area (TPSA) is 35.5 Å². The fourth-order valence-electron chi connectivity index (χ4n) is 1.03. The number of hydrogen-bond acceptors (Lipinski definition) is 3. The highest BCUT2D eigenvalue weighted by molar-refractivity contribution is 4.92. The van der Waals surface area contributed by atoms with Crippen molar-refractivity contribution >= 4 is 0 Å². The minimum Gasteiger partial charge on any atom is -0.392 e. The molecule has 1 heterocycles. The van der Waals surface area contributed by atoms with Gasteiger partial charge >= 0.3 is 0 Å². The molecule has 0 aromatic rings. The zero-order valence-corrected chi connectivity index (χ0v) is 6.41. The van der Waals surface area contributed by atoms with Crippen LogP contribution in [0.5, 0.6) is 0 Å². The molecule has 0 radical (unpaired) electrons. The second-order valence-corrected chi connectivity index (χ2v) is 2.70. The van der Waals surface area contributed by atoms with E-state index in [1.807, 2.05) is 12.4 Å². The van der Waals surface area contributed by atoms with Gasteiger partial charge in [-0.25, -0.2) is 0 Å². The van der Waals surface area contributed by atoms with Crippen LogP contribution < -0.4 is 5.32 Å². The van der Waals surface area contributed by atoms with Gasteiger partial charge in [-0.3, -0.25) is 0 Å². The van der Waals surface area contributed by atoms with Crippen molar-refractivity contribution < 1.29 is 5.11 Å². The van der Waals surface area contributed by atoms with Crippen LogP contribution in [-0.4, -0.2) is 28.8 Å². The number of β-amino-alcohol motifs (C(OH)–C–C–N with tert-alkyl or cyclic N) is 1. The second kappa shape index (κ2) is 2.92. The van der Waals surface area contributed by atoms with Gasteiger partial charge in [0.05, 0.1) is 12.3 Å². The number of hydrogen-bond donors (Lipinski definition) is 2. The number of aliphatic hydroxyl groups excluding tert-OH is 1. The van der Waals surface area contributed by atoms with Crippen LogP contribution in [0.4, 0.5) is 0 Å². The molecule has 3 heteroatoms. The smallest absolute Gasteiger partial charge is 0.0953 e. The summed E-state index contributed by atoms with van der Waals surface area (Å²) in [6, 6.07) is 0. The van der Waals surface area contributed by atoms with Crippen molar-refractivity contribution in [2.75, 3.05) is 6.54 Å². The first kappa shape index (κ1) is 7.41. The lowest BCUT2D eigenvalue weighted by molar-refractivity contribution is 0.136. The maximum atomic E-state index is 9.03. The SMILES string of the molecule is CC(O)CN1C=CNC1C. The third-order valence-corrected chi connectivity index (χ3v) is 1.58. The largest absolute Gasteiger partial charge is 0.392 e. The van der Waals surface area contributed by atoms with Gasteiger partial charge in [0, 0.05) is 18.9 Å². The normalized spacial score (nSPS) is 26.7. The molecular formula is C7H14N2O. The molecule has 0 saturated carbocycles. The Morgan fingerprint density at radius 2 is 2.50 bits per heavy atom. The van der Waals surface area contributed by atoms with Gasteiger partial charge in [-0.2, -0.15) is 0 Å². The number of nitrogens with one attached hydrogen (secondary N) is 1. The van der Waals surface area contributed by atoms with Crippen molar-refractivity contribution in [2.45, 2.75) is 26.1 Å². The lowest BCUT2D eigenvalue weighted by atomic mass is 10.3. The Morgan fingerprint density at radius 1 is 1.80 bits per heavy atom.